The number of fused-ring (bicyclic) bond motifs is 1. The summed E-state index contributed by atoms with van der Waals surface area (Å²) >= 11 is 6.28. The molecule has 188 valence electrons. The molecule has 0 amide bonds. The van der Waals surface area contributed by atoms with Gasteiger partial charge in [0, 0.05) is 35.9 Å². The molecule has 2 aromatic carbocycles. The van der Waals surface area contributed by atoms with Crippen molar-refractivity contribution in [1.82, 2.24) is 24.5 Å². The van der Waals surface area contributed by atoms with Crippen LogP contribution in [0.3, 0.4) is 0 Å². The zero-order valence-electron chi connectivity index (χ0n) is 20.0. The summed E-state index contributed by atoms with van der Waals surface area (Å²) in [5, 5.41) is 7.90. The summed E-state index contributed by atoms with van der Waals surface area (Å²) in [4.78, 5) is 4.74. The fourth-order valence-corrected chi connectivity index (χ4v) is 6.49. The quantitative estimate of drug-likeness (QED) is 0.384. The lowest BCUT2D eigenvalue weighted by Crippen LogP contribution is -2.36. The second kappa shape index (κ2) is 9.66. The normalized spacial score (nSPS) is 16.6. The maximum atomic E-state index is 13.2. The molecule has 0 aliphatic carbocycles. The van der Waals surface area contributed by atoms with Crippen LogP contribution < -0.4 is 10.4 Å². The van der Waals surface area contributed by atoms with Gasteiger partial charge in [-0.15, -0.1) is 0 Å². The Labute approximate surface area is 220 Å². The van der Waals surface area contributed by atoms with Crippen molar-refractivity contribution < 1.29 is 8.42 Å². The molecule has 6 rings (SSSR count). The number of halogens is 1. The van der Waals surface area contributed by atoms with Gasteiger partial charge in [0.15, 0.2) is 0 Å². The van der Waals surface area contributed by atoms with Gasteiger partial charge in [0.2, 0.25) is 10.0 Å². The Bertz CT molecular complexity index is 1640. The fraction of sp³-hybridized carbons (Fsp3) is 0.185. The maximum absolute atomic E-state index is 13.2. The van der Waals surface area contributed by atoms with Gasteiger partial charge in [-0.05, 0) is 73.5 Å². The monoisotopic (exact) mass is 532 g/mol. The smallest absolute Gasteiger partial charge is 0.243 e. The average Bonchev–Trinajstić information content (AvgIpc) is 3.43. The molecule has 0 unspecified atom stereocenters. The largest absolute Gasteiger partial charge is 0.292 e. The molecular formula is C27H25ClN6O2S. The van der Waals surface area contributed by atoms with E-state index >= 15 is 0 Å². The molecule has 2 aliphatic heterocycles. The van der Waals surface area contributed by atoms with E-state index in [1.165, 1.54) is 0 Å². The van der Waals surface area contributed by atoms with Crippen LogP contribution in [0.15, 0.2) is 90.2 Å². The Morgan fingerprint density at radius 1 is 0.946 bits per heavy atom. The van der Waals surface area contributed by atoms with E-state index in [4.69, 9.17) is 11.6 Å². The molecule has 37 heavy (non-hydrogen) atoms. The van der Waals surface area contributed by atoms with Gasteiger partial charge in [-0.25, -0.2) is 13.1 Å². The summed E-state index contributed by atoms with van der Waals surface area (Å²) in [6, 6.07) is 16.4. The summed E-state index contributed by atoms with van der Waals surface area (Å²) < 4.78 is 29.9. The van der Waals surface area contributed by atoms with Gasteiger partial charge in [-0.1, -0.05) is 24.1 Å². The van der Waals surface area contributed by atoms with Crippen molar-refractivity contribution >= 4 is 43.9 Å². The number of allylic oxidation sites excluding steroid dienone is 2. The van der Waals surface area contributed by atoms with E-state index in [-0.39, 0.29) is 0 Å². The minimum atomic E-state index is -3.54. The number of benzene rings is 2. The average molecular weight is 533 g/mol. The minimum absolute atomic E-state index is 0.295. The van der Waals surface area contributed by atoms with Crippen LogP contribution >= 0.6 is 11.6 Å². The lowest BCUT2D eigenvalue weighted by molar-refractivity contribution is 0.346. The first kappa shape index (κ1) is 23.7. The van der Waals surface area contributed by atoms with Gasteiger partial charge >= 0.3 is 0 Å². The van der Waals surface area contributed by atoms with Gasteiger partial charge in [0.1, 0.15) is 0 Å². The van der Waals surface area contributed by atoms with E-state index in [1.807, 2.05) is 64.4 Å². The van der Waals surface area contributed by atoms with Gasteiger partial charge in [0.05, 0.1) is 39.4 Å². The van der Waals surface area contributed by atoms with E-state index < -0.39 is 10.0 Å². The van der Waals surface area contributed by atoms with E-state index in [0.29, 0.717) is 28.7 Å². The lowest BCUT2D eigenvalue weighted by atomic mass is 10.1. The van der Waals surface area contributed by atoms with E-state index in [9.17, 15) is 8.42 Å². The zero-order valence-corrected chi connectivity index (χ0v) is 21.5. The van der Waals surface area contributed by atoms with E-state index in [1.54, 1.807) is 34.9 Å². The molecule has 2 aliphatic rings. The number of hydrogen-bond acceptors (Lipinski definition) is 6. The first-order valence-electron chi connectivity index (χ1n) is 12.1. The van der Waals surface area contributed by atoms with Crippen LogP contribution in [0.4, 0.5) is 5.69 Å². The second-order valence-corrected chi connectivity index (χ2v) is 11.4. The van der Waals surface area contributed by atoms with E-state index in [0.717, 1.165) is 47.2 Å². The fourth-order valence-electron chi connectivity index (χ4n) is 4.76. The maximum Gasteiger partial charge on any atom is 0.243 e. The molecule has 2 aromatic heterocycles. The molecule has 0 atom stereocenters. The highest BCUT2D eigenvalue weighted by atomic mass is 35.5. The molecule has 1 fully saturated rings. The molecule has 10 heteroatoms. The highest BCUT2D eigenvalue weighted by molar-refractivity contribution is 7.89. The van der Waals surface area contributed by atoms with Crippen molar-refractivity contribution in [3.05, 3.63) is 96.1 Å². The molecule has 4 heterocycles. The molecule has 8 nitrogen and oxygen atoms in total. The third kappa shape index (κ3) is 4.50. The highest BCUT2D eigenvalue weighted by Crippen LogP contribution is 2.29. The van der Waals surface area contributed by atoms with Crippen molar-refractivity contribution in [2.45, 2.75) is 24.2 Å². The third-order valence-electron chi connectivity index (χ3n) is 6.61. The molecule has 4 aromatic rings. The van der Waals surface area contributed by atoms with Crippen molar-refractivity contribution in [1.29, 1.82) is 0 Å². The van der Waals surface area contributed by atoms with Gasteiger partial charge in [-0.2, -0.15) is 9.40 Å². The van der Waals surface area contributed by atoms with Crippen LogP contribution in [0.25, 0.3) is 22.3 Å². The Kier molecular flexibility index (Phi) is 6.19. The SMILES string of the molecule is O=S(=O)(c1cccc(N2C=CC=C(c3ccnn3-c3ccnc4ccc(Cl)cc34)N2)c1)N1CCCCC1. The van der Waals surface area contributed by atoms with Gasteiger partial charge in [-0.3, -0.25) is 15.4 Å². The number of hydrazine groups is 1. The summed E-state index contributed by atoms with van der Waals surface area (Å²) in [6.07, 6.45) is 12.1. The predicted octanol–water partition coefficient (Wildman–Crippen LogP) is 5.13. The Hall–Kier alpha value is -3.66. The Morgan fingerprint density at radius 3 is 2.68 bits per heavy atom. The number of anilines is 1. The van der Waals surface area contributed by atoms with Crippen LogP contribution in [0.2, 0.25) is 5.02 Å². The topological polar surface area (TPSA) is 83.4 Å². The number of rotatable bonds is 5. The molecular weight excluding hydrogens is 508 g/mol. The zero-order chi connectivity index (χ0) is 25.4. The van der Waals surface area contributed by atoms with Gasteiger partial charge < -0.3 is 0 Å². The number of aromatic nitrogens is 3. The lowest BCUT2D eigenvalue weighted by Gasteiger charge is -2.29. The predicted molar refractivity (Wildman–Crippen MR) is 146 cm³/mol. The molecule has 1 N–H and O–H groups in total. The number of pyridine rings is 1. The summed E-state index contributed by atoms with van der Waals surface area (Å²) in [5.41, 5.74) is 7.42. The van der Waals surface area contributed by atoms with Crippen LogP contribution in [0.5, 0.6) is 0 Å². The number of nitrogens with zero attached hydrogens (tertiary/aromatic N) is 5. The third-order valence-corrected chi connectivity index (χ3v) is 8.74. The summed E-state index contributed by atoms with van der Waals surface area (Å²) in [7, 11) is -3.54. The highest BCUT2D eigenvalue weighted by Gasteiger charge is 2.26. The molecule has 0 bridgehead atoms. The van der Waals surface area contributed by atoms with E-state index in [2.05, 4.69) is 15.5 Å². The Morgan fingerprint density at radius 2 is 1.81 bits per heavy atom. The van der Waals surface area contributed by atoms with Crippen LogP contribution in [0, 0.1) is 0 Å². The number of nitrogens with one attached hydrogen (secondary N) is 1. The molecule has 0 saturated carbocycles. The van der Waals surface area contributed by atoms with Crippen molar-refractivity contribution in [3.63, 3.8) is 0 Å². The van der Waals surface area contributed by atoms with Crippen molar-refractivity contribution in [2.24, 2.45) is 0 Å². The van der Waals surface area contributed by atoms with Crippen LogP contribution in [0.1, 0.15) is 25.0 Å². The standard InChI is InChI=1S/C27H25ClN6O2S/c28-20-9-10-24-23(18-20)26(11-13-29-24)34-27(12-14-30-34)25-8-5-17-33(31-25)21-6-4-7-22(19-21)37(35,36)32-15-2-1-3-16-32/h4-14,17-19,31H,1-3,15-16H2. The molecule has 1 saturated heterocycles. The van der Waals surface area contributed by atoms with Crippen molar-refractivity contribution in [2.75, 3.05) is 18.1 Å². The first-order valence-corrected chi connectivity index (χ1v) is 14.0. The first-order chi connectivity index (χ1) is 18.0. The molecule has 0 radical (unpaired) electrons. The van der Waals surface area contributed by atoms with Gasteiger partial charge in [0.25, 0.3) is 0 Å². The second-order valence-electron chi connectivity index (χ2n) is 8.99. The summed E-state index contributed by atoms with van der Waals surface area (Å²) in [6.45, 7) is 1.14. The number of piperidine rings is 1. The van der Waals surface area contributed by atoms with Crippen LogP contribution in [-0.4, -0.2) is 40.6 Å². The number of hydrogen-bond donors (Lipinski definition) is 1. The minimum Gasteiger partial charge on any atom is -0.292 e. The number of sulfonamides is 1. The molecule has 0 spiro atoms. The van der Waals surface area contributed by atoms with Crippen LogP contribution in [-0.2, 0) is 10.0 Å². The summed E-state index contributed by atoms with van der Waals surface area (Å²) in [5.74, 6) is 0. The van der Waals surface area contributed by atoms with Crippen molar-refractivity contribution in [3.8, 4) is 5.69 Å². The Balaban J connectivity index is 1.31.